The summed E-state index contributed by atoms with van der Waals surface area (Å²) < 4.78 is 0. The minimum absolute atomic E-state index is 0.0450. The molecular formula is C15H22N6. The third-order valence-corrected chi connectivity index (χ3v) is 3.27. The highest BCUT2D eigenvalue weighted by molar-refractivity contribution is 5.42. The van der Waals surface area contributed by atoms with E-state index in [1.165, 1.54) is 0 Å². The summed E-state index contributed by atoms with van der Waals surface area (Å²) >= 11 is 0. The summed E-state index contributed by atoms with van der Waals surface area (Å²) in [7, 11) is 0. The highest BCUT2D eigenvalue weighted by atomic mass is 15.4. The molecule has 1 aromatic heterocycles. The van der Waals surface area contributed by atoms with E-state index in [4.69, 9.17) is 5.26 Å². The number of rotatable bonds is 3. The number of aromatic nitrogens is 1. The van der Waals surface area contributed by atoms with Gasteiger partial charge in [0.2, 0.25) is 0 Å². The first kappa shape index (κ1) is 15.2. The van der Waals surface area contributed by atoms with Crippen molar-refractivity contribution in [2.45, 2.75) is 45.2 Å². The minimum atomic E-state index is -0.0450. The van der Waals surface area contributed by atoms with E-state index in [0.717, 1.165) is 31.7 Å². The van der Waals surface area contributed by atoms with Crippen molar-refractivity contribution in [3.05, 3.63) is 23.9 Å². The molecule has 0 atom stereocenters. The number of nitrogens with zero attached hydrogens (tertiary/aromatic N) is 5. The molecule has 1 fully saturated rings. The van der Waals surface area contributed by atoms with Crippen LogP contribution in [0.25, 0.3) is 0 Å². The van der Waals surface area contributed by atoms with Gasteiger partial charge in [-0.2, -0.15) is 10.4 Å². The number of pyridine rings is 1. The predicted octanol–water partition coefficient (Wildman–Crippen LogP) is 2.68. The Morgan fingerprint density at radius 1 is 1.33 bits per heavy atom. The number of nitriles is 1. The van der Waals surface area contributed by atoms with Crippen molar-refractivity contribution in [1.82, 2.24) is 10.4 Å². The summed E-state index contributed by atoms with van der Waals surface area (Å²) in [5.41, 5.74) is 3.57. The Morgan fingerprint density at radius 2 is 2.05 bits per heavy atom. The van der Waals surface area contributed by atoms with Gasteiger partial charge in [-0.1, -0.05) is 5.22 Å². The van der Waals surface area contributed by atoms with E-state index in [9.17, 15) is 0 Å². The molecule has 1 aliphatic heterocycles. The highest BCUT2D eigenvalue weighted by Gasteiger charge is 2.20. The van der Waals surface area contributed by atoms with E-state index in [0.29, 0.717) is 5.56 Å². The van der Waals surface area contributed by atoms with Gasteiger partial charge in [0.15, 0.2) is 0 Å². The topological polar surface area (TPSA) is 76.7 Å². The normalized spacial score (nSPS) is 17.0. The third kappa shape index (κ3) is 4.71. The second kappa shape index (κ2) is 6.53. The summed E-state index contributed by atoms with van der Waals surface area (Å²) in [6.07, 6.45) is 3.56. The Hall–Kier alpha value is -2.16. The van der Waals surface area contributed by atoms with Crippen LogP contribution in [0.5, 0.6) is 0 Å². The van der Waals surface area contributed by atoms with Gasteiger partial charge >= 0.3 is 0 Å². The number of anilines is 1. The van der Waals surface area contributed by atoms with Crippen LogP contribution in [0.3, 0.4) is 0 Å². The summed E-state index contributed by atoms with van der Waals surface area (Å²) in [6, 6.07) is 6.07. The smallest absolute Gasteiger partial charge is 0.128 e. The first-order chi connectivity index (χ1) is 9.98. The van der Waals surface area contributed by atoms with E-state index in [2.05, 4.69) is 52.5 Å². The lowest BCUT2D eigenvalue weighted by Gasteiger charge is -2.30. The van der Waals surface area contributed by atoms with Gasteiger partial charge in [-0.25, -0.2) is 4.98 Å². The van der Waals surface area contributed by atoms with Gasteiger partial charge in [0.1, 0.15) is 11.9 Å². The lowest BCUT2D eigenvalue weighted by molar-refractivity contribution is 0.399. The van der Waals surface area contributed by atoms with Gasteiger partial charge in [0.25, 0.3) is 0 Å². The lowest BCUT2D eigenvalue weighted by atomic mass is 10.1. The molecule has 0 unspecified atom stereocenters. The standard InChI is InChI=1S/C15H22N6/c1-15(2,3)19-20-18-13-6-8-21(9-7-13)14-5-4-12(10-16)11-17-14/h4-5,11,13H,6-9H2,1-3H3,(H,18,19). The molecule has 2 heterocycles. The molecule has 112 valence electrons. The first-order valence-electron chi connectivity index (χ1n) is 7.26. The van der Waals surface area contributed by atoms with Gasteiger partial charge in [-0.05, 0) is 45.7 Å². The molecule has 0 aliphatic carbocycles. The number of nitrogens with one attached hydrogen (secondary N) is 1. The molecule has 2 rings (SSSR count). The van der Waals surface area contributed by atoms with Crippen LogP contribution in [-0.4, -0.2) is 29.7 Å². The highest BCUT2D eigenvalue weighted by Crippen LogP contribution is 2.19. The average Bonchev–Trinajstić information content (AvgIpc) is 2.47. The molecule has 0 bridgehead atoms. The average molecular weight is 286 g/mol. The minimum Gasteiger partial charge on any atom is -0.356 e. The monoisotopic (exact) mass is 286 g/mol. The number of hydrogen-bond donors (Lipinski definition) is 1. The molecule has 1 N–H and O–H groups in total. The van der Waals surface area contributed by atoms with Crippen molar-refractivity contribution >= 4 is 5.82 Å². The molecule has 6 heteroatoms. The van der Waals surface area contributed by atoms with Crippen LogP contribution >= 0.6 is 0 Å². The Kier molecular flexibility index (Phi) is 4.73. The van der Waals surface area contributed by atoms with Gasteiger partial charge in [0, 0.05) is 24.8 Å². The van der Waals surface area contributed by atoms with Crippen LogP contribution in [0.2, 0.25) is 0 Å². The fourth-order valence-electron chi connectivity index (χ4n) is 2.11. The summed E-state index contributed by atoms with van der Waals surface area (Å²) in [4.78, 5) is 6.56. The molecule has 6 nitrogen and oxygen atoms in total. The zero-order valence-electron chi connectivity index (χ0n) is 12.9. The maximum Gasteiger partial charge on any atom is 0.128 e. The quantitative estimate of drug-likeness (QED) is 0.684. The Morgan fingerprint density at radius 3 is 2.57 bits per heavy atom. The van der Waals surface area contributed by atoms with Crippen molar-refractivity contribution in [2.75, 3.05) is 18.0 Å². The van der Waals surface area contributed by atoms with Gasteiger partial charge in [0.05, 0.1) is 11.6 Å². The zero-order chi connectivity index (χ0) is 15.3. The van der Waals surface area contributed by atoms with Crippen molar-refractivity contribution < 1.29 is 0 Å². The van der Waals surface area contributed by atoms with Crippen molar-refractivity contribution in [3.63, 3.8) is 0 Å². The molecule has 0 aromatic carbocycles. The van der Waals surface area contributed by atoms with Crippen LogP contribution in [0, 0.1) is 11.3 Å². The maximum absolute atomic E-state index is 8.78. The zero-order valence-corrected chi connectivity index (χ0v) is 12.9. The molecular weight excluding hydrogens is 264 g/mol. The number of piperidine rings is 1. The SMILES string of the molecule is CC(C)(C)NN=NC1CCN(c2ccc(C#N)cn2)CC1. The molecule has 0 amide bonds. The lowest BCUT2D eigenvalue weighted by Crippen LogP contribution is -2.36. The fourth-order valence-corrected chi connectivity index (χ4v) is 2.11. The molecule has 0 radical (unpaired) electrons. The molecule has 0 saturated carbocycles. The van der Waals surface area contributed by atoms with Gasteiger partial charge in [-0.3, -0.25) is 5.43 Å². The van der Waals surface area contributed by atoms with E-state index in [1.807, 2.05) is 6.07 Å². The molecule has 0 spiro atoms. The number of hydrogen-bond acceptors (Lipinski definition) is 5. The van der Waals surface area contributed by atoms with Crippen LogP contribution in [0.15, 0.2) is 28.7 Å². The Bertz CT molecular complexity index is 515. The molecule has 1 aliphatic rings. The van der Waals surface area contributed by atoms with Crippen LogP contribution < -0.4 is 10.3 Å². The van der Waals surface area contributed by atoms with Crippen molar-refractivity contribution in [2.24, 2.45) is 10.3 Å². The van der Waals surface area contributed by atoms with Crippen molar-refractivity contribution in [3.8, 4) is 6.07 Å². The van der Waals surface area contributed by atoms with Crippen LogP contribution in [0.1, 0.15) is 39.2 Å². The molecule has 21 heavy (non-hydrogen) atoms. The molecule has 1 saturated heterocycles. The maximum atomic E-state index is 8.78. The Balaban J connectivity index is 1.84. The van der Waals surface area contributed by atoms with Gasteiger partial charge in [-0.15, -0.1) is 0 Å². The Labute approximate surface area is 125 Å². The van der Waals surface area contributed by atoms with E-state index in [-0.39, 0.29) is 11.6 Å². The summed E-state index contributed by atoms with van der Waals surface area (Å²) in [5, 5.41) is 17.2. The second-order valence-electron chi connectivity index (χ2n) is 6.31. The molecule has 1 aromatic rings. The summed E-state index contributed by atoms with van der Waals surface area (Å²) in [5.74, 6) is 0.928. The predicted molar refractivity (Wildman–Crippen MR) is 81.9 cm³/mol. The van der Waals surface area contributed by atoms with Crippen LogP contribution in [-0.2, 0) is 0 Å². The van der Waals surface area contributed by atoms with E-state index >= 15 is 0 Å². The van der Waals surface area contributed by atoms with Crippen LogP contribution in [0.4, 0.5) is 5.82 Å². The van der Waals surface area contributed by atoms with Gasteiger partial charge < -0.3 is 4.90 Å². The third-order valence-electron chi connectivity index (χ3n) is 3.27. The largest absolute Gasteiger partial charge is 0.356 e. The first-order valence-corrected chi connectivity index (χ1v) is 7.26. The van der Waals surface area contributed by atoms with E-state index in [1.54, 1.807) is 12.3 Å². The fraction of sp³-hybridized carbons (Fsp3) is 0.600. The second-order valence-corrected chi connectivity index (χ2v) is 6.31. The summed E-state index contributed by atoms with van der Waals surface area (Å²) in [6.45, 7) is 8.01. The van der Waals surface area contributed by atoms with Crippen molar-refractivity contribution in [1.29, 1.82) is 5.26 Å². The van der Waals surface area contributed by atoms with E-state index < -0.39 is 0 Å².